The number of ketones is 1. The highest BCUT2D eigenvalue weighted by molar-refractivity contribution is 9.10. The number of aromatic hydroxyl groups is 1. The molecule has 6 nitrogen and oxygen atoms in total. The van der Waals surface area contributed by atoms with Gasteiger partial charge >= 0.3 is 0 Å². The standard InChI is InChI=1S/C28H26BrNO5/c1-16-9-10-17(2)20(13-16)25(31)23-24(19-14-21(29)26(32)22(15-19)35-3)30(28(34)27(23)33)12-11-18-7-5-4-6-8-18/h4-10,13-15,24,31-32H,11-12H2,1-3H3. The number of nitrogens with zero attached hydrogens (tertiary/aromatic N) is 1. The molecule has 7 heteroatoms. The fourth-order valence-corrected chi connectivity index (χ4v) is 4.85. The van der Waals surface area contributed by atoms with E-state index in [1.165, 1.54) is 12.0 Å². The second-order valence-electron chi connectivity index (χ2n) is 8.60. The number of benzene rings is 3. The highest BCUT2D eigenvalue weighted by Crippen LogP contribution is 2.44. The van der Waals surface area contributed by atoms with E-state index in [1.807, 2.05) is 56.3 Å². The number of aryl methyl sites for hydroxylation is 2. The molecule has 35 heavy (non-hydrogen) atoms. The van der Waals surface area contributed by atoms with E-state index in [2.05, 4.69) is 15.9 Å². The van der Waals surface area contributed by atoms with Crippen molar-refractivity contribution in [3.63, 3.8) is 0 Å². The van der Waals surface area contributed by atoms with Crippen LogP contribution in [0.25, 0.3) is 5.76 Å². The number of phenolic OH excluding ortho intramolecular Hbond substituents is 1. The van der Waals surface area contributed by atoms with Gasteiger partial charge in [0.2, 0.25) is 0 Å². The number of hydrogen-bond donors (Lipinski definition) is 2. The summed E-state index contributed by atoms with van der Waals surface area (Å²) in [5.41, 5.74) is 3.77. The summed E-state index contributed by atoms with van der Waals surface area (Å²) in [4.78, 5) is 28.1. The van der Waals surface area contributed by atoms with Crippen molar-refractivity contribution in [2.24, 2.45) is 0 Å². The summed E-state index contributed by atoms with van der Waals surface area (Å²) < 4.78 is 5.67. The number of aliphatic hydroxyl groups is 1. The van der Waals surface area contributed by atoms with E-state index in [-0.39, 0.29) is 29.4 Å². The summed E-state index contributed by atoms with van der Waals surface area (Å²) in [6.07, 6.45) is 0.532. The number of methoxy groups -OCH3 is 1. The molecule has 1 saturated heterocycles. The van der Waals surface area contributed by atoms with Gasteiger partial charge in [0.25, 0.3) is 11.7 Å². The van der Waals surface area contributed by atoms with Crippen LogP contribution in [0.15, 0.2) is 70.7 Å². The molecule has 1 unspecified atom stereocenters. The minimum atomic E-state index is -0.857. The number of halogens is 1. The molecule has 1 fully saturated rings. The number of phenols is 1. The van der Waals surface area contributed by atoms with E-state index in [1.54, 1.807) is 18.2 Å². The third-order valence-electron chi connectivity index (χ3n) is 6.26. The smallest absolute Gasteiger partial charge is 0.295 e. The minimum absolute atomic E-state index is 0.0106. The maximum absolute atomic E-state index is 13.3. The van der Waals surface area contributed by atoms with Gasteiger partial charge in [-0.1, -0.05) is 48.0 Å². The first kappa shape index (κ1) is 24.5. The van der Waals surface area contributed by atoms with Gasteiger partial charge in [-0.05, 0) is 71.1 Å². The molecule has 180 valence electrons. The van der Waals surface area contributed by atoms with Crippen molar-refractivity contribution in [2.75, 3.05) is 13.7 Å². The number of carbonyl (C=O) groups is 2. The Kier molecular flexibility index (Phi) is 6.98. The number of hydrogen-bond acceptors (Lipinski definition) is 5. The van der Waals surface area contributed by atoms with Gasteiger partial charge in [0.05, 0.1) is 23.2 Å². The van der Waals surface area contributed by atoms with Gasteiger partial charge in [0.15, 0.2) is 11.5 Å². The van der Waals surface area contributed by atoms with Gasteiger partial charge in [0, 0.05) is 12.1 Å². The molecular formula is C28H26BrNO5. The maximum atomic E-state index is 13.3. The molecule has 4 rings (SSSR count). The Morgan fingerprint density at radius 1 is 1.06 bits per heavy atom. The third kappa shape index (κ3) is 4.68. The van der Waals surface area contributed by atoms with Gasteiger partial charge in [-0.25, -0.2) is 0 Å². The van der Waals surface area contributed by atoms with Gasteiger partial charge < -0.3 is 19.8 Å². The van der Waals surface area contributed by atoms with E-state index in [9.17, 15) is 19.8 Å². The molecular weight excluding hydrogens is 510 g/mol. The molecule has 0 aromatic heterocycles. The SMILES string of the molecule is COc1cc(C2C(=C(O)c3cc(C)ccc3C)C(=O)C(=O)N2CCc2ccccc2)cc(Br)c1O. The zero-order chi connectivity index (χ0) is 25.3. The van der Waals surface area contributed by atoms with Crippen molar-refractivity contribution in [1.82, 2.24) is 4.90 Å². The summed E-state index contributed by atoms with van der Waals surface area (Å²) in [5, 5.41) is 21.7. The predicted octanol–water partition coefficient (Wildman–Crippen LogP) is 5.44. The van der Waals surface area contributed by atoms with E-state index < -0.39 is 17.7 Å². The first-order chi connectivity index (χ1) is 16.7. The summed E-state index contributed by atoms with van der Waals surface area (Å²) in [7, 11) is 1.42. The van der Waals surface area contributed by atoms with E-state index in [0.717, 1.165) is 16.7 Å². The Hall–Kier alpha value is -3.58. The summed E-state index contributed by atoms with van der Waals surface area (Å²) in [6.45, 7) is 4.01. The van der Waals surface area contributed by atoms with Crippen LogP contribution in [0.3, 0.4) is 0 Å². The summed E-state index contributed by atoms with van der Waals surface area (Å²) in [6, 6.07) is 17.6. The lowest BCUT2D eigenvalue weighted by atomic mass is 9.93. The lowest BCUT2D eigenvalue weighted by Gasteiger charge is -2.26. The summed E-state index contributed by atoms with van der Waals surface area (Å²) in [5.74, 6) is -1.55. The number of rotatable bonds is 6. The largest absolute Gasteiger partial charge is 0.507 e. The van der Waals surface area contributed by atoms with Crippen molar-refractivity contribution >= 4 is 33.4 Å². The Morgan fingerprint density at radius 2 is 1.77 bits per heavy atom. The number of aliphatic hydroxyl groups excluding tert-OH is 1. The van der Waals surface area contributed by atoms with Gasteiger partial charge in [-0.15, -0.1) is 0 Å². The van der Waals surface area contributed by atoms with E-state index in [4.69, 9.17) is 4.74 Å². The Morgan fingerprint density at radius 3 is 2.46 bits per heavy atom. The maximum Gasteiger partial charge on any atom is 0.295 e. The lowest BCUT2D eigenvalue weighted by molar-refractivity contribution is -0.139. The monoisotopic (exact) mass is 535 g/mol. The molecule has 0 bridgehead atoms. The quantitative estimate of drug-likeness (QED) is 0.249. The average Bonchev–Trinajstić information content (AvgIpc) is 3.11. The number of carbonyl (C=O) groups excluding carboxylic acids is 2. The fourth-order valence-electron chi connectivity index (χ4n) is 4.39. The van der Waals surface area contributed by atoms with Crippen LogP contribution in [0.4, 0.5) is 0 Å². The van der Waals surface area contributed by atoms with Crippen LogP contribution >= 0.6 is 15.9 Å². The average molecular weight is 536 g/mol. The van der Waals surface area contributed by atoms with Crippen LogP contribution in [0.1, 0.15) is 33.9 Å². The number of ether oxygens (including phenoxy) is 1. The highest BCUT2D eigenvalue weighted by atomic mass is 79.9. The molecule has 0 aliphatic carbocycles. The van der Waals surface area contributed by atoms with Gasteiger partial charge in [-0.2, -0.15) is 0 Å². The van der Waals surface area contributed by atoms with Crippen LogP contribution in [-0.4, -0.2) is 40.5 Å². The lowest BCUT2D eigenvalue weighted by Crippen LogP contribution is -2.31. The molecule has 1 aliphatic heterocycles. The van der Waals surface area contributed by atoms with Crippen molar-refractivity contribution in [1.29, 1.82) is 0 Å². The molecule has 3 aromatic carbocycles. The van der Waals surface area contributed by atoms with Crippen molar-refractivity contribution in [3.05, 3.63) is 98.5 Å². The molecule has 1 atom stereocenters. The molecule has 3 aromatic rings. The zero-order valence-electron chi connectivity index (χ0n) is 19.7. The Labute approximate surface area is 212 Å². The first-order valence-corrected chi connectivity index (χ1v) is 12.0. The van der Waals surface area contributed by atoms with Crippen LogP contribution in [0.5, 0.6) is 11.5 Å². The van der Waals surface area contributed by atoms with E-state index in [0.29, 0.717) is 22.0 Å². The summed E-state index contributed by atoms with van der Waals surface area (Å²) >= 11 is 3.34. The van der Waals surface area contributed by atoms with Crippen molar-refractivity contribution in [2.45, 2.75) is 26.3 Å². The normalized spacial score (nSPS) is 17.1. The Bertz CT molecular complexity index is 1330. The fraction of sp³-hybridized carbons (Fsp3) is 0.214. The third-order valence-corrected chi connectivity index (χ3v) is 6.86. The van der Waals surface area contributed by atoms with Crippen LogP contribution in [-0.2, 0) is 16.0 Å². The molecule has 2 N–H and O–H groups in total. The minimum Gasteiger partial charge on any atom is -0.507 e. The number of Topliss-reactive ketones (excluding diaryl/α,β-unsaturated/α-hetero) is 1. The zero-order valence-corrected chi connectivity index (χ0v) is 21.3. The van der Waals surface area contributed by atoms with Gasteiger partial charge in [-0.3, -0.25) is 9.59 Å². The molecule has 0 saturated carbocycles. The number of amides is 1. The first-order valence-electron chi connectivity index (χ1n) is 11.2. The molecule has 1 amide bonds. The van der Waals surface area contributed by atoms with Gasteiger partial charge in [0.1, 0.15) is 5.76 Å². The Balaban J connectivity index is 1.89. The molecule has 1 heterocycles. The van der Waals surface area contributed by atoms with E-state index >= 15 is 0 Å². The number of likely N-dealkylation sites (tertiary alicyclic amines) is 1. The molecule has 0 spiro atoms. The molecule has 1 aliphatic rings. The molecule has 0 radical (unpaired) electrons. The highest BCUT2D eigenvalue weighted by Gasteiger charge is 2.46. The van der Waals surface area contributed by atoms with Crippen molar-refractivity contribution < 1.29 is 24.5 Å². The second kappa shape index (κ2) is 9.96. The van der Waals surface area contributed by atoms with Crippen LogP contribution in [0.2, 0.25) is 0 Å². The van der Waals surface area contributed by atoms with Crippen LogP contribution < -0.4 is 4.74 Å². The van der Waals surface area contributed by atoms with Crippen LogP contribution in [0, 0.1) is 13.8 Å². The topological polar surface area (TPSA) is 87.1 Å². The second-order valence-corrected chi connectivity index (χ2v) is 9.45. The van der Waals surface area contributed by atoms with Crippen molar-refractivity contribution in [3.8, 4) is 11.5 Å². The predicted molar refractivity (Wildman–Crippen MR) is 137 cm³/mol.